The van der Waals surface area contributed by atoms with E-state index in [1.807, 2.05) is 25.1 Å². The zero-order chi connectivity index (χ0) is 13.0. The molecule has 2 aromatic rings. The van der Waals surface area contributed by atoms with Crippen LogP contribution in [0.5, 0.6) is 0 Å². The molecule has 3 nitrogen and oxygen atoms in total. The maximum absolute atomic E-state index is 6.03. The van der Waals surface area contributed by atoms with Crippen molar-refractivity contribution < 1.29 is 4.74 Å². The van der Waals surface area contributed by atoms with Crippen molar-refractivity contribution in [3.05, 3.63) is 47.8 Å². The predicted octanol–water partition coefficient (Wildman–Crippen LogP) is 2.89. The first kappa shape index (κ1) is 12.9. The van der Waals surface area contributed by atoms with Crippen LogP contribution >= 0.6 is 0 Å². The molecule has 3 heteroatoms. The van der Waals surface area contributed by atoms with Gasteiger partial charge in [0.25, 0.3) is 0 Å². The van der Waals surface area contributed by atoms with Crippen molar-refractivity contribution in [2.75, 3.05) is 13.7 Å². The highest BCUT2D eigenvalue weighted by Gasteiger charge is 2.12. The zero-order valence-electron chi connectivity index (χ0n) is 10.9. The summed E-state index contributed by atoms with van der Waals surface area (Å²) in [7, 11) is 1.72. The van der Waals surface area contributed by atoms with Gasteiger partial charge in [0.1, 0.15) is 0 Å². The van der Waals surface area contributed by atoms with Crippen molar-refractivity contribution >= 4 is 0 Å². The summed E-state index contributed by atoms with van der Waals surface area (Å²) in [6.45, 7) is 2.71. The Morgan fingerprint density at radius 1 is 1.28 bits per heavy atom. The summed E-state index contributed by atoms with van der Waals surface area (Å²) in [5, 5.41) is 0. The molecule has 0 bridgehead atoms. The molecule has 0 radical (unpaired) electrons. The first-order valence-corrected chi connectivity index (χ1v) is 6.24. The fourth-order valence-corrected chi connectivity index (χ4v) is 2.09. The van der Waals surface area contributed by atoms with Gasteiger partial charge in [-0.05, 0) is 18.6 Å². The minimum atomic E-state index is -0.00324. The van der Waals surface area contributed by atoms with Gasteiger partial charge < -0.3 is 15.5 Å². The highest BCUT2D eigenvalue weighted by atomic mass is 16.5. The standard InChI is InChI=1S/C15H20N2O/c1-11(16)15-14(12-6-4-3-5-7-12)10-13(17-15)8-9-18-2/h3-7,10-11,17H,8-9,16H2,1-2H3/t11-/m0/s1. The minimum Gasteiger partial charge on any atom is -0.384 e. The van der Waals surface area contributed by atoms with E-state index in [0.717, 1.165) is 12.1 Å². The fourth-order valence-electron chi connectivity index (χ4n) is 2.09. The quantitative estimate of drug-likeness (QED) is 0.849. The Morgan fingerprint density at radius 3 is 2.61 bits per heavy atom. The van der Waals surface area contributed by atoms with Crippen LogP contribution in [0, 0.1) is 0 Å². The van der Waals surface area contributed by atoms with Crippen LogP contribution in [0.15, 0.2) is 36.4 Å². The predicted molar refractivity (Wildman–Crippen MR) is 74.4 cm³/mol. The number of hydrogen-bond acceptors (Lipinski definition) is 2. The number of benzene rings is 1. The SMILES string of the molecule is COCCc1cc(-c2ccccc2)c([C@H](C)N)[nH]1. The van der Waals surface area contributed by atoms with Gasteiger partial charge >= 0.3 is 0 Å². The number of nitrogens with one attached hydrogen (secondary N) is 1. The molecule has 0 aliphatic rings. The van der Waals surface area contributed by atoms with Crippen molar-refractivity contribution in [2.24, 2.45) is 5.73 Å². The summed E-state index contributed by atoms with van der Waals surface area (Å²) in [6, 6.07) is 12.5. The number of aromatic nitrogens is 1. The van der Waals surface area contributed by atoms with Gasteiger partial charge in [0.2, 0.25) is 0 Å². The lowest BCUT2D eigenvalue weighted by Crippen LogP contribution is -2.07. The molecule has 0 aliphatic carbocycles. The van der Waals surface area contributed by atoms with Gasteiger partial charge in [-0.15, -0.1) is 0 Å². The van der Waals surface area contributed by atoms with Gasteiger partial charge in [0, 0.05) is 36.5 Å². The molecule has 0 fully saturated rings. The summed E-state index contributed by atoms with van der Waals surface area (Å²) >= 11 is 0. The highest BCUT2D eigenvalue weighted by Crippen LogP contribution is 2.28. The summed E-state index contributed by atoms with van der Waals surface area (Å²) < 4.78 is 5.11. The number of ether oxygens (including phenoxy) is 1. The van der Waals surface area contributed by atoms with E-state index in [9.17, 15) is 0 Å². The molecule has 0 saturated heterocycles. The molecular formula is C15H20N2O. The maximum atomic E-state index is 6.03. The third-order valence-corrected chi connectivity index (χ3v) is 3.02. The molecule has 0 spiro atoms. The topological polar surface area (TPSA) is 51.0 Å². The van der Waals surface area contributed by atoms with Gasteiger partial charge in [0.15, 0.2) is 0 Å². The summed E-state index contributed by atoms with van der Waals surface area (Å²) in [5.41, 5.74) is 10.7. The largest absolute Gasteiger partial charge is 0.384 e. The summed E-state index contributed by atoms with van der Waals surface area (Å²) in [6.07, 6.45) is 0.878. The molecule has 1 heterocycles. The van der Waals surface area contributed by atoms with Crippen LogP contribution in [0.25, 0.3) is 11.1 Å². The molecule has 0 saturated carbocycles. The molecular weight excluding hydrogens is 224 g/mol. The molecule has 0 unspecified atom stereocenters. The average Bonchev–Trinajstić information content (AvgIpc) is 2.82. The van der Waals surface area contributed by atoms with Crippen LogP contribution in [0.1, 0.15) is 24.4 Å². The van der Waals surface area contributed by atoms with Crippen molar-refractivity contribution in [2.45, 2.75) is 19.4 Å². The number of rotatable bonds is 5. The van der Waals surface area contributed by atoms with E-state index in [2.05, 4.69) is 23.2 Å². The van der Waals surface area contributed by atoms with Crippen LogP contribution < -0.4 is 5.73 Å². The summed E-state index contributed by atoms with van der Waals surface area (Å²) in [4.78, 5) is 3.41. The van der Waals surface area contributed by atoms with Gasteiger partial charge in [0.05, 0.1) is 6.61 Å². The number of aromatic amines is 1. The normalized spacial score (nSPS) is 12.6. The Morgan fingerprint density at radius 2 is 2.00 bits per heavy atom. The van der Waals surface area contributed by atoms with Gasteiger partial charge in [-0.3, -0.25) is 0 Å². The Balaban J connectivity index is 2.36. The van der Waals surface area contributed by atoms with Gasteiger partial charge in [-0.2, -0.15) is 0 Å². The first-order valence-electron chi connectivity index (χ1n) is 6.24. The van der Waals surface area contributed by atoms with Crippen LogP contribution in [-0.2, 0) is 11.2 Å². The van der Waals surface area contributed by atoms with Crippen LogP contribution in [-0.4, -0.2) is 18.7 Å². The van der Waals surface area contributed by atoms with Crippen LogP contribution in [0.3, 0.4) is 0 Å². The highest BCUT2D eigenvalue weighted by molar-refractivity contribution is 5.67. The zero-order valence-corrected chi connectivity index (χ0v) is 10.9. The van der Waals surface area contributed by atoms with Crippen molar-refractivity contribution in [1.82, 2.24) is 4.98 Å². The Bertz CT molecular complexity index is 488. The second kappa shape index (κ2) is 5.85. The molecule has 1 aromatic heterocycles. The molecule has 2 rings (SSSR count). The number of H-pyrrole nitrogens is 1. The van der Waals surface area contributed by atoms with Crippen molar-refractivity contribution in [1.29, 1.82) is 0 Å². The van der Waals surface area contributed by atoms with Crippen LogP contribution in [0.4, 0.5) is 0 Å². The van der Waals surface area contributed by atoms with E-state index in [1.54, 1.807) is 7.11 Å². The third kappa shape index (κ3) is 2.81. The summed E-state index contributed by atoms with van der Waals surface area (Å²) in [5.74, 6) is 0. The van der Waals surface area contributed by atoms with E-state index < -0.39 is 0 Å². The third-order valence-electron chi connectivity index (χ3n) is 3.02. The van der Waals surface area contributed by atoms with Crippen LogP contribution in [0.2, 0.25) is 0 Å². The Hall–Kier alpha value is -1.58. The molecule has 1 aromatic carbocycles. The molecule has 18 heavy (non-hydrogen) atoms. The van der Waals surface area contributed by atoms with E-state index in [1.165, 1.54) is 16.8 Å². The average molecular weight is 244 g/mol. The molecule has 96 valence electrons. The van der Waals surface area contributed by atoms with E-state index in [0.29, 0.717) is 6.61 Å². The van der Waals surface area contributed by atoms with E-state index in [4.69, 9.17) is 10.5 Å². The fraction of sp³-hybridized carbons (Fsp3) is 0.333. The second-order valence-corrected chi connectivity index (χ2v) is 4.52. The van der Waals surface area contributed by atoms with E-state index in [-0.39, 0.29) is 6.04 Å². The van der Waals surface area contributed by atoms with E-state index >= 15 is 0 Å². The van der Waals surface area contributed by atoms with Gasteiger partial charge in [-0.1, -0.05) is 30.3 Å². The Kier molecular flexibility index (Phi) is 4.18. The second-order valence-electron chi connectivity index (χ2n) is 4.52. The number of hydrogen-bond donors (Lipinski definition) is 2. The smallest absolute Gasteiger partial charge is 0.0516 e. The lowest BCUT2D eigenvalue weighted by Gasteiger charge is -2.07. The molecule has 0 aliphatic heterocycles. The Labute approximate surface area is 108 Å². The lowest BCUT2D eigenvalue weighted by molar-refractivity contribution is 0.201. The first-order chi connectivity index (χ1) is 8.72. The minimum absolute atomic E-state index is 0.00324. The molecule has 0 amide bonds. The molecule has 3 N–H and O–H groups in total. The lowest BCUT2D eigenvalue weighted by atomic mass is 10.0. The molecule has 1 atom stereocenters. The van der Waals surface area contributed by atoms with Crippen molar-refractivity contribution in [3.8, 4) is 11.1 Å². The number of methoxy groups -OCH3 is 1. The van der Waals surface area contributed by atoms with Crippen molar-refractivity contribution in [3.63, 3.8) is 0 Å². The van der Waals surface area contributed by atoms with Gasteiger partial charge in [-0.25, -0.2) is 0 Å². The monoisotopic (exact) mass is 244 g/mol. The number of nitrogens with two attached hydrogens (primary N) is 1. The maximum Gasteiger partial charge on any atom is 0.0516 e.